The van der Waals surface area contributed by atoms with Gasteiger partial charge in [0.1, 0.15) is 5.82 Å². The molecule has 1 aliphatic carbocycles. The largest absolute Gasteiger partial charge is 0.481 e. The van der Waals surface area contributed by atoms with E-state index in [2.05, 4.69) is 17.2 Å². The third-order valence-electron chi connectivity index (χ3n) is 6.46. The van der Waals surface area contributed by atoms with Gasteiger partial charge >= 0.3 is 12.0 Å². The number of hydrogen-bond donors (Lipinski definition) is 4. The van der Waals surface area contributed by atoms with E-state index in [1.165, 1.54) is 30.4 Å². The summed E-state index contributed by atoms with van der Waals surface area (Å²) in [6.45, 7) is 4.13. The Hall–Kier alpha value is -2.21. The number of aliphatic hydroxyl groups excluding tert-OH is 2. The number of nitrogens with one attached hydrogen (secondary N) is 1. The summed E-state index contributed by atoms with van der Waals surface area (Å²) in [4.78, 5) is 30.0. The van der Waals surface area contributed by atoms with Crippen molar-refractivity contribution in [2.45, 2.75) is 74.8 Å². The number of rotatable bonds is 11. The molecule has 1 aromatic carbocycles. The molecular formula is C25H34FN3O5S2. The SMILES string of the molecule is CC(O)c1ccc(C(O)CCCN(C(=O)Nc2ncc(SCC(=O)O)s2)[C@H]2CC[C@H](C)CC2)cc1F. The van der Waals surface area contributed by atoms with Gasteiger partial charge in [-0.2, -0.15) is 0 Å². The molecule has 0 aliphatic heterocycles. The lowest BCUT2D eigenvalue weighted by atomic mass is 9.86. The van der Waals surface area contributed by atoms with Crippen LogP contribution < -0.4 is 5.32 Å². The molecule has 4 N–H and O–H groups in total. The Labute approximate surface area is 218 Å². The molecule has 0 radical (unpaired) electrons. The van der Waals surface area contributed by atoms with E-state index in [1.54, 1.807) is 17.2 Å². The number of aromatic nitrogens is 1. The number of aliphatic carboxylic acids is 1. The van der Waals surface area contributed by atoms with E-state index < -0.39 is 24.0 Å². The molecule has 1 fully saturated rings. The quantitative estimate of drug-likeness (QED) is 0.281. The van der Waals surface area contributed by atoms with Crippen LogP contribution in [0, 0.1) is 11.7 Å². The lowest BCUT2D eigenvalue weighted by molar-refractivity contribution is -0.133. The Morgan fingerprint density at radius 1 is 1.28 bits per heavy atom. The van der Waals surface area contributed by atoms with Crippen LogP contribution in [-0.2, 0) is 4.79 Å². The topological polar surface area (TPSA) is 123 Å². The summed E-state index contributed by atoms with van der Waals surface area (Å²) >= 11 is 2.39. The molecule has 198 valence electrons. The molecule has 2 atom stereocenters. The Bertz CT molecular complexity index is 1030. The first-order valence-corrected chi connectivity index (χ1v) is 14.0. The first-order chi connectivity index (χ1) is 17.1. The van der Waals surface area contributed by atoms with Crippen LogP contribution in [0.15, 0.2) is 28.6 Å². The number of anilines is 1. The Morgan fingerprint density at radius 3 is 2.64 bits per heavy atom. The molecule has 0 bridgehead atoms. The Kier molecular flexibility index (Phi) is 10.5. The van der Waals surface area contributed by atoms with Gasteiger partial charge in [0.05, 0.1) is 28.4 Å². The summed E-state index contributed by atoms with van der Waals surface area (Å²) < 4.78 is 14.9. The normalized spacial score (nSPS) is 19.5. The van der Waals surface area contributed by atoms with Crippen LogP contribution in [0.5, 0.6) is 0 Å². The van der Waals surface area contributed by atoms with Crippen molar-refractivity contribution >= 4 is 40.2 Å². The fourth-order valence-electron chi connectivity index (χ4n) is 4.40. The van der Waals surface area contributed by atoms with Crippen LogP contribution in [0.1, 0.15) is 75.7 Å². The third-order valence-corrected chi connectivity index (χ3v) is 8.55. The molecule has 11 heteroatoms. The number of thioether (sulfide) groups is 1. The smallest absolute Gasteiger partial charge is 0.323 e. The summed E-state index contributed by atoms with van der Waals surface area (Å²) in [5.41, 5.74) is 0.626. The molecule has 1 saturated carbocycles. The van der Waals surface area contributed by atoms with Crippen LogP contribution in [0.4, 0.5) is 14.3 Å². The Morgan fingerprint density at radius 2 is 2.00 bits per heavy atom. The molecule has 1 aromatic heterocycles. The molecular weight excluding hydrogens is 505 g/mol. The van der Waals surface area contributed by atoms with Gasteiger partial charge in [-0.1, -0.05) is 30.4 Å². The minimum absolute atomic E-state index is 0.0735. The summed E-state index contributed by atoms with van der Waals surface area (Å²) in [7, 11) is 0. The lowest BCUT2D eigenvalue weighted by Gasteiger charge is -2.36. The number of halogens is 1. The predicted octanol–water partition coefficient (Wildman–Crippen LogP) is 5.44. The van der Waals surface area contributed by atoms with E-state index in [0.29, 0.717) is 40.2 Å². The number of carboxylic acid groups (broad SMARTS) is 1. The number of benzene rings is 1. The summed E-state index contributed by atoms with van der Waals surface area (Å²) in [5.74, 6) is -0.917. The summed E-state index contributed by atoms with van der Waals surface area (Å²) in [5, 5.41) is 32.3. The zero-order valence-corrected chi connectivity index (χ0v) is 22.2. The van der Waals surface area contributed by atoms with Crippen molar-refractivity contribution in [3.63, 3.8) is 0 Å². The molecule has 8 nitrogen and oxygen atoms in total. The zero-order chi connectivity index (χ0) is 26.2. The van der Waals surface area contributed by atoms with Gasteiger partial charge in [-0.3, -0.25) is 10.1 Å². The van der Waals surface area contributed by atoms with E-state index in [4.69, 9.17) is 5.11 Å². The number of urea groups is 1. The molecule has 3 rings (SSSR count). The first-order valence-electron chi connectivity index (χ1n) is 12.2. The molecule has 2 aromatic rings. The van der Waals surface area contributed by atoms with Gasteiger partial charge < -0.3 is 20.2 Å². The number of thiazole rings is 1. The van der Waals surface area contributed by atoms with E-state index in [-0.39, 0.29) is 23.4 Å². The maximum Gasteiger partial charge on any atom is 0.323 e. The maximum atomic E-state index is 14.2. The van der Waals surface area contributed by atoms with Gasteiger partial charge in [0.2, 0.25) is 0 Å². The molecule has 2 unspecified atom stereocenters. The summed E-state index contributed by atoms with van der Waals surface area (Å²) in [6, 6.07) is 4.17. The van der Waals surface area contributed by atoms with Crippen LogP contribution in [-0.4, -0.2) is 55.5 Å². The number of aliphatic hydroxyl groups is 2. The van der Waals surface area contributed by atoms with Crippen molar-refractivity contribution < 1.29 is 29.3 Å². The van der Waals surface area contributed by atoms with Crippen LogP contribution in [0.2, 0.25) is 0 Å². The number of carbonyl (C=O) groups is 2. The van der Waals surface area contributed by atoms with Gasteiger partial charge in [0, 0.05) is 18.2 Å². The highest BCUT2D eigenvalue weighted by atomic mass is 32.2. The molecule has 0 spiro atoms. The minimum atomic E-state index is -0.925. The van der Waals surface area contributed by atoms with E-state index in [1.807, 2.05) is 0 Å². The molecule has 1 aliphatic rings. The van der Waals surface area contributed by atoms with Gasteiger partial charge in [0.25, 0.3) is 0 Å². The van der Waals surface area contributed by atoms with Crippen LogP contribution in [0.3, 0.4) is 0 Å². The maximum absolute atomic E-state index is 14.2. The fourth-order valence-corrected chi connectivity index (χ4v) is 5.98. The highest BCUT2D eigenvalue weighted by Crippen LogP contribution is 2.31. The van der Waals surface area contributed by atoms with Crippen molar-refractivity contribution in [3.05, 3.63) is 41.3 Å². The second-order valence-corrected chi connectivity index (χ2v) is 11.6. The van der Waals surface area contributed by atoms with Gasteiger partial charge in [-0.25, -0.2) is 14.2 Å². The molecule has 1 heterocycles. The molecule has 0 saturated heterocycles. The van der Waals surface area contributed by atoms with Crippen molar-refractivity contribution in [2.75, 3.05) is 17.6 Å². The summed E-state index contributed by atoms with van der Waals surface area (Å²) in [6.07, 6.45) is 4.52. The molecule has 36 heavy (non-hydrogen) atoms. The minimum Gasteiger partial charge on any atom is -0.481 e. The second-order valence-electron chi connectivity index (χ2n) is 9.32. The van der Waals surface area contributed by atoms with Gasteiger partial charge in [0.15, 0.2) is 5.13 Å². The first kappa shape index (κ1) is 28.4. The Balaban J connectivity index is 1.61. The van der Waals surface area contributed by atoms with Crippen molar-refractivity contribution in [3.8, 4) is 0 Å². The number of amides is 2. The van der Waals surface area contributed by atoms with Gasteiger partial charge in [-0.15, -0.1) is 11.8 Å². The highest BCUT2D eigenvalue weighted by molar-refractivity contribution is 8.01. The number of hydrogen-bond acceptors (Lipinski definition) is 7. The van der Waals surface area contributed by atoms with Crippen LogP contribution in [0.25, 0.3) is 0 Å². The molecule has 2 amide bonds. The predicted molar refractivity (Wildman–Crippen MR) is 139 cm³/mol. The standard InChI is InChI=1S/C25H34FN3O5S2/c1-15-5-8-18(9-6-15)29(25(34)28-24-27-13-23(36-24)35-14-22(32)33)11-3-4-21(31)17-7-10-19(16(2)30)20(26)12-17/h7,10,12-13,15-16,18,21,30-31H,3-6,8-9,11,14H2,1-2H3,(H,32,33)(H,27,28,34)/t15-,16?,18-,21?. The van der Waals surface area contributed by atoms with E-state index >= 15 is 0 Å². The monoisotopic (exact) mass is 539 g/mol. The lowest BCUT2D eigenvalue weighted by Crippen LogP contribution is -2.45. The average Bonchev–Trinajstić information content (AvgIpc) is 3.28. The van der Waals surface area contributed by atoms with E-state index in [9.17, 15) is 24.2 Å². The van der Waals surface area contributed by atoms with Crippen LogP contribution >= 0.6 is 23.1 Å². The van der Waals surface area contributed by atoms with Crippen molar-refractivity contribution in [1.82, 2.24) is 9.88 Å². The number of carbonyl (C=O) groups excluding carboxylic acids is 1. The van der Waals surface area contributed by atoms with Crippen molar-refractivity contribution in [2.24, 2.45) is 5.92 Å². The second kappa shape index (κ2) is 13.4. The third kappa shape index (κ3) is 8.16. The zero-order valence-electron chi connectivity index (χ0n) is 20.5. The highest BCUT2D eigenvalue weighted by Gasteiger charge is 2.28. The van der Waals surface area contributed by atoms with E-state index in [0.717, 1.165) is 37.4 Å². The number of carboxylic acids is 1. The number of nitrogens with zero attached hydrogens (tertiary/aromatic N) is 2. The average molecular weight is 540 g/mol. The van der Waals surface area contributed by atoms with Gasteiger partial charge in [-0.05, 0) is 63.0 Å². The fraction of sp³-hybridized carbons (Fsp3) is 0.560. The van der Waals surface area contributed by atoms with Crippen molar-refractivity contribution in [1.29, 1.82) is 0 Å².